The van der Waals surface area contributed by atoms with Crippen molar-refractivity contribution in [2.45, 2.75) is 25.2 Å². The molecule has 0 radical (unpaired) electrons. The summed E-state index contributed by atoms with van der Waals surface area (Å²) in [7, 11) is 0. The van der Waals surface area contributed by atoms with Crippen LogP contribution in [0.4, 0.5) is 4.39 Å². The van der Waals surface area contributed by atoms with Crippen LogP contribution in [-0.4, -0.2) is 6.26 Å². The summed E-state index contributed by atoms with van der Waals surface area (Å²) in [5.41, 5.74) is 1.90. The molecule has 66 valence electrons. The van der Waals surface area contributed by atoms with Gasteiger partial charge in [0.05, 0.1) is 0 Å². The first-order valence-corrected chi connectivity index (χ1v) is 5.24. The summed E-state index contributed by atoms with van der Waals surface area (Å²) in [6, 6.07) is 3.64. The molecule has 2 heteroatoms. The van der Waals surface area contributed by atoms with Crippen LogP contribution < -0.4 is 0 Å². The number of rotatable bonds is 2. The topological polar surface area (TPSA) is 0 Å². The van der Waals surface area contributed by atoms with Gasteiger partial charge in [0.15, 0.2) is 0 Å². The Balaban J connectivity index is 3.18. The van der Waals surface area contributed by atoms with E-state index in [1.165, 1.54) is 0 Å². The van der Waals surface area contributed by atoms with Crippen molar-refractivity contribution in [2.24, 2.45) is 0 Å². The zero-order valence-electron chi connectivity index (χ0n) is 7.65. The number of thioether (sulfide) groups is 1. The van der Waals surface area contributed by atoms with E-state index in [0.29, 0.717) is 0 Å². The van der Waals surface area contributed by atoms with Crippen LogP contribution in [0.25, 0.3) is 0 Å². The summed E-state index contributed by atoms with van der Waals surface area (Å²) < 4.78 is 13.3. The smallest absolute Gasteiger partial charge is 0.127 e. The van der Waals surface area contributed by atoms with Crippen LogP contribution in [0.3, 0.4) is 0 Å². The first-order chi connectivity index (χ1) is 5.69. The number of halogens is 1. The molecule has 1 rings (SSSR count). The molecule has 0 amide bonds. The summed E-state index contributed by atoms with van der Waals surface area (Å²) in [6.07, 6.45) is 2.73. The lowest BCUT2D eigenvalue weighted by atomic mass is 10.1. The Bertz CT molecular complexity index is 258. The highest BCUT2D eigenvalue weighted by Crippen LogP contribution is 2.22. The second kappa shape index (κ2) is 3.94. The van der Waals surface area contributed by atoms with E-state index in [2.05, 4.69) is 0 Å². The van der Waals surface area contributed by atoms with Crippen LogP contribution in [0.1, 0.15) is 18.1 Å². The summed E-state index contributed by atoms with van der Waals surface area (Å²) in [4.78, 5) is 1.00. The predicted molar refractivity (Wildman–Crippen MR) is 52.3 cm³/mol. The monoisotopic (exact) mass is 184 g/mol. The van der Waals surface area contributed by atoms with Crippen LogP contribution in [0.5, 0.6) is 0 Å². The van der Waals surface area contributed by atoms with Gasteiger partial charge in [-0.2, -0.15) is 0 Å². The number of hydrogen-bond acceptors (Lipinski definition) is 1. The lowest BCUT2D eigenvalue weighted by Crippen LogP contribution is -1.92. The lowest BCUT2D eigenvalue weighted by Gasteiger charge is -2.06. The van der Waals surface area contributed by atoms with E-state index in [-0.39, 0.29) is 5.82 Å². The number of hydrogen-bond donors (Lipinski definition) is 0. The third kappa shape index (κ3) is 1.81. The molecule has 1 aromatic carbocycles. The van der Waals surface area contributed by atoms with Crippen LogP contribution in [-0.2, 0) is 6.42 Å². The molecule has 1 aromatic rings. The van der Waals surface area contributed by atoms with E-state index in [9.17, 15) is 4.39 Å². The normalized spacial score (nSPS) is 10.3. The van der Waals surface area contributed by atoms with Crippen molar-refractivity contribution in [3.8, 4) is 0 Å². The van der Waals surface area contributed by atoms with Crippen molar-refractivity contribution in [3.05, 3.63) is 29.1 Å². The minimum atomic E-state index is -0.0677. The van der Waals surface area contributed by atoms with Crippen molar-refractivity contribution in [2.75, 3.05) is 6.26 Å². The Morgan fingerprint density at radius 2 is 2.08 bits per heavy atom. The zero-order chi connectivity index (χ0) is 9.14. The van der Waals surface area contributed by atoms with Gasteiger partial charge in [-0.05, 0) is 42.9 Å². The minimum absolute atomic E-state index is 0.0677. The van der Waals surface area contributed by atoms with Gasteiger partial charge in [-0.25, -0.2) is 4.39 Å². The van der Waals surface area contributed by atoms with Crippen LogP contribution in [0, 0.1) is 12.7 Å². The molecule has 0 aliphatic carbocycles. The highest BCUT2D eigenvalue weighted by molar-refractivity contribution is 7.98. The van der Waals surface area contributed by atoms with Crippen molar-refractivity contribution in [1.29, 1.82) is 0 Å². The average molecular weight is 184 g/mol. The van der Waals surface area contributed by atoms with Crippen LogP contribution in [0.2, 0.25) is 0 Å². The molecule has 0 saturated heterocycles. The maximum atomic E-state index is 13.3. The van der Waals surface area contributed by atoms with Gasteiger partial charge >= 0.3 is 0 Å². The largest absolute Gasteiger partial charge is 0.207 e. The first-order valence-electron chi connectivity index (χ1n) is 4.02. The van der Waals surface area contributed by atoms with Gasteiger partial charge in [0.25, 0.3) is 0 Å². The third-order valence-corrected chi connectivity index (χ3v) is 2.69. The SMILES string of the molecule is CCc1c(C)cc(SC)cc1F. The molecule has 0 fully saturated rings. The Labute approximate surface area is 77.2 Å². The lowest BCUT2D eigenvalue weighted by molar-refractivity contribution is 0.606. The van der Waals surface area contributed by atoms with Gasteiger partial charge in [0.1, 0.15) is 5.82 Å². The molecule has 0 N–H and O–H groups in total. The van der Waals surface area contributed by atoms with Crippen molar-refractivity contribution in [1.82, 2.24) is 0 Å². The van der Waals surface area contributed by atoms with Gasteiger partial charge in [-0.3, -0.25) is 0 Å². The number of aryl methyl sites for hydroxylation is 1. The molecular weight excluding hydrogens is 171 g/mol. The predicted octanol–water partition coefficient (Wildman–Crippen LogP) is 3.42. The van der Waals surface area contributed by atoms with Crippen molar-refractivity contribution < 1.29 is 4.39 Å². The van der Waals surface area contributed by atoms with Gasteiger partial charge in [0, 0.05) is 4.90 Å². The second-order valence-corrected chi connectivity index (χ2v) is 3.64. The van der Waals surface area contributed by atoms with E-state index in [0.717, 1.165) is 22.4 Å². The van der Waals surface area contributed by atoms with Crippen molar-refractivity contribution >= 4 is 11.8 Å². The van der Waals surface area contributed by atoms with Crippen LogP contribution in [0.15, 0.2) is 17.0 Å². The van der Waals surface area contributed by atoms with E-state index in [1.54, 1.807) is 17.8 Å². The fraction of sp³-hybridized carbons (Fsp3) is 0.400. The highest BCUT2D eigenvalue weighted by Gasteiger charge is 2.04. The maximum Gasteiger partial charge on any atom is 0.127 e. The second-order valence-electron chi connectivity index (χ2n) is 2.76. The summed E-state index contributed by atoms with van der Waals surface area (Å²) >= 11 is 1.58. The molecule has 12 heavy (non-hydrogen) atoms. The van der Waals surface area contributed by atoms with E-state index in [1.807, 2.05) is 26.2 Å². The Morgan fingerprint density at radius 1 is 1.42 bits per heavy atom. The molecule has 0 heterocycles. The quantitative estimate of drug-likeness (QED) is 0.635. The maximum absolute atomic E-state index is 13.3. The van der Waals surface area contributed by atoms with E-state index < -0.39 is 0 Å². The molecule has 0 bridgehead atoms. The molecule has 0 aliphatic heterocycles. The molecule has 0 spiro atoms. The van der Waals surface area contributed by atoms with Gasteiger partial charge in [0.2, 0.25) is 0 Å². The fourth-order valence-corrected chi connectivity index (χ4v) is 1.82. The standard InChI is InChI=1S/C10H13FS/c1-4-9-7(2)5-8(12-3)6-10(9)11/h5-6H,4H2,1-3H3. The number of benzene rings is 1. The van der Waals surface area contributed by atoms with Crippen molar-refractivity contribution in [3.63, 3.8) is 0 Å². The Hall–Kier alpha value is -0.500. The molecular formula is C10H13FS. The third-order valence-electron chi connectivity index (χ3n) is 1.98. The minimum Gasteiger partial charge on any atom is -0.207 e. The Morgan fingerprint density at radius 3 is 2.50 bits per heavy atom. The summed E-state index contributed by atoms with van der Waals surface area (Å²) in [5.74, 6) is -0.0677. The fourth-order valence-electron chi connectivity index (χ4n) is 1.31. The molecule has 0 atom stereocenters. The van der Waals surface area contributed by atoms with E-state index >= 15 is 0 Å². The molecule has 0 saturated carbocycles. The molecule has 0 aliphatic rings. The van der Waals surface area contributed by atoms with Gasteiger partial charge < -0.3 is 0 Å². The summed E-state index contributed by atoms with van der Waals surface area (Å²) in [6.45, 7) is 3.94. The Kier molecular flexibility index (Phi) is 3.15. The molecule has 0 unspecified atom stereocenters. The van der Waals surface area contributed by atoms with E-state index in [4.69, 9.17) is 0 Å². The zero-order valence-corrected chi connectivity index (χ0v) is 8.46. The van der Waals surface area contributed by atoms with Gasteiger partial charge in [-0.15, -0.1) is 11.8 Å². The molecule has 0 aromatic heterocycles. The van der Waals surface area contributed by atoms with Gasteiger partial charge in [-0.1, -0.05) is 6.92 Å². The summed E-state index contributed by atoms with van der Waals surface area (Å²) in [5, 5.41) is 0. The molecule has 0 nitrogen and oxygen atoms in total. The average Bonchev–Trinajstić information content (AvgIpc) is 2.03. The first kappa shape index (κ1) is 9.59. The highest BCUT2D eigenvalue weighted by atomic mass is 32.2. The van der Waals surface area contributed by atoms with Crippen LogP contribution >= 0.6 is 11.8 Å².